The normalized spacial score (nSPS) is 22.4. The van der Waals surface area contributed by atoms with Gasteiger partial charge in [0, 0.05) is 24.2 Å². The van der Waals surface area contributed by atoms with Crippen LogP contribution in [-0.4, -0.2) is 63.7 Å². The summed E-state index contributed by atoms with van der Waals surface area (Å²) < 4.78 is 48.1. The number of thiazole rings is 1. The molecule has 158 valence electrons. The van der Waals surface area contributed by atoms with Gasteiger partial charge in [-0.15, -0.1) is 11.3 Å². The van der Waals surface area contributed by atoms with Gasteiger partial charge in [0.15, 0.2) is 15.1 Å². The summed E-state index contributed by atoms with van der Waals surface area (Å²) in [6.45, 7) is -1.59. The van der Waals surface area contributed by atoms with E-state index < -0.39 is 40.7 Å². The number of benzene rings is 1. The van der Waals surface area contributed by atoms with Gasteiger partial charge in [0.2, 0.25) is 0 Å². The molecule has 30 heavy (non-hydrogen) atoms. The molecular formula is C17H14ClFN4O5S2. The maximum absolute atomic E-state index is 13.9. The van der Waals surface area contributed by atoms with Crippen LogP contribution in [0.15, 0.2) is 34.8 Å². The summed E-state index contributed by atoms with van der Waals surface area (Å²) in [5.41, 5.74) is -2.13. The molecule has 13 heteroatoms. The summed E-state index contributed by atoms with van der Waals surface area (Å²) >= 11 is 7.25. The van der Waals surface area contributed by atoms with E-state index in [1.54, 1.807) is 11.4 Å². The standard InChI is InChI=1S/C17H14ClFN4O5S2/c18-14-15(23-3-4-29-16(23)21-14)30(26,27)22-7-13(17(25,8-22)9-24)28-11-2-1-10(6-20)12(19)5-11/h1-5,13,24-25H,7-9H2/t13-,17+/m0/s1. The van der Waals surface area contributed by atoms with Crippen LogP contribution in [0.4, 0.5) is 4.39 Å². The first-order valence-electron chi connectivity index (χ1n) is 8.50. The van der Waals surface area contributed by atoms with Crippen LogP contribution in [0.5, 0.6) is 5.75 Å². The molecule has 3 heterocycles. The van der Waals surface area contributed by atoms with Crippen LogP contribution in [0.3, 0.4) is 0 Å². The number of aliphatic hydroxyl groups is 2. The molecule has 0 amide bonds. The Balaban J connectivity index is 1.66. The van der Waals surface area contributed by atoms with Crippen LogP contribution < -0.4 is 4.74 Å². The van der Waals surface area contributed by atoms with E-state index in [9.17, 15) is 23.0 Å². The van der Waals surface area contributed by atoms with Crippen molar-refractivity contribution in [2.75, 3.05) is 19.7 Å². The minimum absolute atomic E-state index is 0.0229. The summed E-state index contributed by atoms with van der Waals surface area (Å²) in [4.78, 5) is 4.40. The van der Waals surface area contributed by atoms with Gasteiger partial charge in [-0.05, 0) is 12.1 Å². The molecule has 1 saturated heterocycles. The Morgan fingerprint density at radius 1 is 1.50 bits per heavy atom. The molecule has 2 N–H and O–H groups in total. The molecule has 1 aromatic carbocycles. The van der Waals surface area contributed by atoms with Crippen LogP contribution in [0.25, 0.3) is 4.96 Å². The minimum atomic E-state index is -4.21. The van der Waals surface area contributed by atoms with Crippen LogP contribution in [-0.2, 0) is 10.0 Å². The maximum Gasteiger partial charge on any atom is 0.262 e. The number of nitrogens with zero attached hydrogens (tertiary/aromatic N) is 4. The lowest BCUT2D eigenvalue weighted by atomic mass is 10.0. The lowest BCUT2D eigenvalue weighted by Gasteiger charge is -2.27. The number of hydrogen-bond donors (Lipinski definition) is 2. The molecular weight excluding hydrogens is 459 g/mol. The predicted molar refractivity (Wildman–Crippen MR) is 104 cm³/mol. The smallest absolute Gasteiger partial charge is 0.262 e. The number of imidazole rings is 1. The molecule has 2 aromatic heterocycles. The van der Waals surface area contributed by atoms with Crippen molar-refractivity contribution in [3.8, 4) is 11.8 Å². The Morgan fingerprint density at radius 3 is 2.93 bits per heavy atom. The SMILES string of the molecule is N#Cc1ccc(O[C@H]2CN(S(=O)(=O)c3c(Cl)nc4sccn34)C[C@@]2(O)CO)cc1F. The van der Waals surface area contributed by atoms with Crippen molar-refractivity contribution in [3.05, 3.63) is 46.3 Å². The van der Waals surface area contributed by atoms with Crippen molar-refractivity contribution in [3.63, 3.8) is 0 Å². The Bertz CT molecular complexity index is 1270. The van der Waals surface area contributed by atoms with Crippen LogP contribution in [0.1, 0.15) is 5.56 Å². The lowest BCUT2D eigenvalue weighted by Crippen LogP contribution is -2.48. The quantitative estimate of drug-likeness (QED) is 0.571. The van der Waals surface area contributed by atoms with Crippen LogP contribution in [0, 0.1) is 17.1 Å². The van der Waals surface area contributed by atoms with Crippen molar-refractivity contribution in [1.82, 2.24) is 13.7 Å². The van der Waals surface area contributed by atoms with Gasteiger partial charge in [-0.2, -0.15) is 9.57 Å². The summed E-state index contributed by atoms with van der Waals surface area (Å²) in [7, 11) is -4.21. The van der Waals surface area contributed by atoms with E-state index in [1.165, 1.54) is 34.1 Å². The molecule has 4 rings (SSSR count). The highest BCUT2D eigenvalue weighted by atomic mass is 35.5. The first-order chi connectivity index (χ1) is 14.2. The molecule has 0 spiro atoms. The Hall–Kier alpha value is -2.27. The second-order valence-electron chi connectivity index (χ2n) is 6.68. The number of rotatable bonds is 5. The molecule has 2 atom stereocenters. The highest BCUT2D eigenvalue weighted by molar-refractivity contribution is 7.89. The average Bonchev–Trinajstić information content (AvgIpc) is 3.35. The van der Waals surface area contributed by atoms with Gasteiger partial charge >= 0.3 is 0 Å². The third-order valence-corrected chi connectivity index (χ3v) is 7.76. The second kappa shape index (κ2) is 7.45. The molecule has 1 aliphatic rings. The van der Waals surface area contributed by atoms with Crippen LogP contribution in [0.2, 0.25) is 5.15 Å². The number of fused-ring (bicyclic) bond motifs is 1. The maximum atomic E-state index is 13.9. The zero-order valence-corrected chi connectivity index (χ0v) is 17.5. The predicted octanol–water partition coefficient (Wildman–Crippen LogP) is 1.24. The number of ether oxygens (including phenoxy) is 1. The fraction of sp³-hybridized carbons (Fsp3) is 0.294. The topological polar surface area (TPSA) is 128 Å². The van der Waals surface area contributed by atoms with E-state index in [2.05, 4.69) is 4.98 Å². The molecule has 0 radical (unpaired) electrons. The van der Waals surface area contributed by atoms with E-state index in [0.29, 0.717) is 4.96 Å². The molecule has 0 saturated carbocycles. The number of nitriles is 1. The zero-order chi connectivity index (χ0) is 21.7. The van der Waals surface area contributed by atoms with Gasteiger partial charge in [0.05, 0.1) is 18.7 Å². The molecule has 1 aliphatic heterocycles. The molecule has 0 bridgehead atoms. The van der Waals surface area contributed by atoms with Gasteiger partial charge in [-0.3, -0.25) is 4.40 Å². The van der Waals surface area contributed by atoms with E-state index in [4.69, 9.17) is 21.6 Å². The first-order valence-corrected chi connectivity index (χ1v) is 11.2. The molecule has 3 aromatic rings. The number of sulfonamides is 1. The number of hydrogen-bond acceptors (Lipinski definition) is 8. The third kappa shape index (κ3) is 3.33. The summed E-state index contributed by atoms with van der Waals surface area (Å²) in [5, 5.41) is 30.5. The van der Waals surface area contributed by atoms with E-state index in [-0.39, 0.29) is 28.0 Å². The second-order valence-corrected chi connectivity index (χ2v) is 9.77. The fourth-order valence-corrected chi connectivity index (χ4v) is 6.13. The van der Waals surface area contributed by atoms with Gasteiger partial charge < -0.3 is 14.9 Å². The van der Waals surface area contributed by atoms with Crippen molar-refractivity contribution < 1.29 is 27.8 Å². The highest BCUT2D eigenvalue weighted by Crippen LogP contribution is 2.34. The largest absolute Gasteiger partial charge is 0.486 e. The Morgan fingerprint density at radius 2 is 2.27 bits per heavy atom. The molecule has 1 fully saturated rings. The minimum Gasteiger partial charge on any atom is -0.486 e. The van der Waals surface area contributed by atoms with Crippen molar-refractivity contribution in [2.24, 2.45) is 0 Å². The number of aliphatic hydroxyl groups excluding tert-OH is 1. The van der Waals surface area contributed by atoms with Crippen molar-refractivity contribution in [1.29, 1.82) is 5.26 Å². The average molecular weight is 473 g/mol. The lowest BCUT2D eigenvalue weighted by molar-refractivity contribution is -0.0641. The molecule has 9 nitrogen and oxygen atoms in total. The van der Waals surface area contributed by atoms with Crippen LogP contribution >= 0.6 is 22.9 Å². The Labute approximate surface area is 179 Å². The first kappa shape index (κ1) is 21.0. The van der Waals surface area contributed by atoms with E-state index in [1.807, 2.05) is 0 Å². The fourth-order valence-electron chi connectivity index (χ4n) is 3.22. The van der Waals surface area contributed by atoms with E-state index >= 15 is 0 Å². The van der Waals surface area contributed by atoms with Gasteiger partial charge in [0.25, 0.3) is 10.0 Å². The van der Waals surface area contributed by atoms with Gasteiger partial charge in [-0.25, -0.2) is 17.8 Å². The molecule has 0 unspecified atom stereocenters. The van der Waals surface area contributed by atoms with Gasteiger partial charge in [0.1, 0.15) is 29.3 Å². The van der Waals surface area contributed by atoms with Crippen molar-refractivity contribution in [2.45, 2.75) is 16.7 Å². The number of aromatic nitrogens is 2. The zero-order valence-electron chi connectivity index (χ0n) is 15.1. The van der Waals surface area contributed by atoms with Crippen molar-refractivity contribution >= 4 is 37.9 Å². The third-order valence-electron chi connectivity index (χ3n) is 4.79. The monoisotopic (exact) mass is 472 g/mol. The summed E-state index contributed by atoms with van der Waals surface area (Å²) in [6.07, 6.45) is 0.308. The molecule has 0 aliphatic carbocycles. The highest BCUT2D eigenvalue weighted by Gasteiger charge is 2.51. The van der Waals surface area contributed by atoms with E-state index in [0.717, 1.165) is 10.4 Å². The Kier molecular flexibility index (Phi) is 5.21. The summed E-state index contributed by atoms with van der Waals surface area (Å²) in [5.74, 6) is -0.846. The van der Waals surface area contributed by atoms with Gasteiger partial charge in [-0.1, -0.05) is 11.6 Å². The number of β-amino-alcohol motifs (C(OH)–C–C–N with tert-alkyl or cyclic N) is 1. The number of halogens is 2. The summed E-state index contributed by atoms with van der Waals surface area (Å²) in [6, 6.07) is 5.15.